The van der Waals surface area contributed by atoms with E-state index in [9.17, 15) is 9.90 Å². The first-order valence-corrected chi connectivity index (χ1v) is 17.0. The Morgan fingerprint density at radius 2 is 2.00 bits per heavy atom. The highest BCUT2D eigenvalue weighted by molar-refractivity contribution is 6.68. The Morgan fingerprint density at radius 3 is 2.63 bits per heavy atom. The van der Waals surface area contributed by atoms with E-state index >= 15 is 0 Å². The van der Waals surface area contributed by atoms with Crippen molar-refractivity contribution < 1.29 is 24.0 Å². The predicted molar refractivity (Wildman–Crippen MR) is 186 cm³/mol. The molecular weight excluding hydrogens is 577 g/mol. The SMILES string of the molecule is CCN1c2ccc(B3CC(C)(C)C(C)(C)O3)cc2C(CC(C)(C)COC=O)C1c1cc(C2=CC(NC)COCC2)cnc1C(C)O. The van der Waals surface area contributed by atoms with Crippen molar-refractivity contribution in [2.75, 3.05) is 38.3 Å². The Bertz CT molecular complexity index is 1420. The van der Waals surface area contributed by atoms with Crippen LogP contribution in [-0.2, 0) is 18.9 Å². The zero-order valence-electron chi connectivity index (χ0n) is 29.4. The minimum atomic E-state index is -0.734. The van der Waals surface area contributed by atoms with E-state index in [0.29, 0.717) is 32.0 Å². The molecule has 0 amide bonds. The first-order valence-electron chi connectivity index (χ1n) is 17.0. The van der Waals surface area contributed by atoms with Gasteiger partial charge in [0.15, 0.2) is 0 Å². The van der Waals surface area contributed by atoms with E-state index in [1.807, 2.05) is 13.2 Å². The average Bonchev–Trinajstić information content (AvgIpc) is 3.27. The normalized spacial score (nSPS) is 24.7. The summed E-state index contributed by atoms with van der Waals surface area (Å²) in [5.74, 6) is 0.0635. The number of nitrogens with zero attached hydrogens (tertiary/aromatic N) is 2. The summed E-state index contributed by atoms with van der Waals surface area (Å²) in [4.78, 5) is 18.6. The quantitative estimate of drug-likeness (QED) is 0.237. The first kappa shape index (κ1) is 34.6. The molecular formula is C37H54BN3O5. The number of fused-ring (bicyclic) bond motifs is 1. The summed E-state index contributed by atoms with van der Waals surface area (Å²) in [6.07, 6.45) is 5.96. The number of benzene rings is 1. The fourth-order valence-corrected chi connectivity index (χ4v) is 7.64. The van der Waals surface area contributed by atoms with E-state index in [-0.39, 0.29) is 41.3 Å². The maximum atomic E-state index is 11.2. The Labute approximate surface area is 276 Å². The molecule has 0 saturated carbocycles. The summed E-state index contributed by atoms with van der Waals surface area (Å²) in [6.45, 7) is 20.3. The van der Waals surface area contributed by atoms with Crippen molar-refractivity contribution in [3.05, 3.63) is 58.9 Å². The number of nitrogens with one attached hydrogen (secondary N) is 1. The molecule has 0 spiro atoms. The number of carbonyl (C=O) groups is 1. The molecule has 4 atom stereocenters. The standard InChI is InChI=1S/C37H54BN3O5/c1-10-41-32-12-11-27(38-21-36(5,6)37(7,8)46-38)17-29(32)31(18-35(3,4)22-45-23-42)34(41)30-16-26(19-40-33(30)24(2)43)25-13-14-44-20-28(15-25)39-9/h11-12,15-17,19,23-24,28,31,34,39,43H,10,13-14,18,20-22H2,1-9H3. The molecule has 9 heteroatoms. The smallest absolute Gasteiger partial charge is 0.327 e. The Balaban J connectivity index is 1.65. The van der Waals surface area contributed by atoms with Gasteiger partial charge in [0.05, 0.1) is 43.3 Å². The molecule has 2 aromatic rings. The molecule has 1 fully saturated rings. The topological polar surface area (TPSA) is 93.2 Å². The molecule has 1 aromatic carbocycles. The van der Waals surface area contributed by atoms with Crippen LogP contribution in [0.3, 0.4) is 0 Å². The number of aliphatic hydroxyl groups excluding tert-OH is 1. The second-order valence-corrected chi connectivity index (χ2v) is 15.4. The van der Waals surface area contributed by atoms with Gasteiger partial charge in [0.2, 0.25) is 0 Å². The molecule has 8 nitrogen and oxygen atoms in total. The van der Waals surface area contributed by atoms with Crippen molar-refractivity contribution in [2.45, 2.75) is 104 Å². The van der Waals surface area contributed by atoms with Crippen LogP contribution in [0.25, 0.3) is 5.57 Å². The van der Waals surface area contributed by atoms with E-state index in [1.165, 1.54) is 22.3 Å². The lowest BCUT2D eigenvalue weighted by molar-refractivity contribution is -0.131. The zero-order chi connectivity index (χ0) is 33.4. The van der Waals surface area contributed by atoms with Crippen LogP contribution < -0.4 is 15.7 Å². The number of pyridine rings is 1. The fraction of sp³-hybridized carbons (Fsp3) is 0.622. The number of anilines is 1. The van der Waals surface area contributed by atoms with Gasteiger partial charge in [0.25, 0.3) is 6.47 Å². The van der Waals surface area contributed by atoms with Gasteiger partial charge in [-0.25, -0.2) is 0 Å². The second kappa shape index (κ2) is 13.4. The van der Waals surface area contributed by atoms with Gasteiger partial charge in [-0.15, -0.1) is 0 Å². The van der Waals surface area contributed by atoms with Crippen LogP contribution in [-0.4, -0.2) is 68.5 Å². The number of hydrogen-bond donors (Lipinski definition) is 2. The molecule has 0 radical (unpaired) electrons. The summed E-state index contributed by atoms with van der Waals surface area (Å²) in [5, 5.41) is 14.4. The molecule has 4 heterocycles. The minimum absolute atomic E-state index is 0.0130. The van der Waals surface area contributed by atoms with E-state index in [4.69, 9.17) is 19.1 Å². The number of carbonyl (C=O) groups excluding carboxylic acids is 1. The lowest BCUT2D eigenvalue weighted by Crippen LogP contribution is -2.36. The van der Waals surface area contributed by atoms with Crippen molar-refractivity contribution in [1.29, 1.82) is 0 Å². The molecule has 4 unspecified atom stereocenters. The third-order valence-corrected chi connectivity index (χ3v) is 10.9. The number of rotatable bonds is 11. The summed E-state index contributed by atoms with van der Waals surface area (Å²) in [7, 11) is 1.95. The summed E-state index contributed by atoms with van der Waals surface area (Å²) in [6, 6.07) is 9.18. The molecule has 1 aromatic heterocycles. The van der Waals surface area contributed by atoms with Crippen LogP contribution in [0, 0.1) is 10.8 Å². The molecule has 3 aliphatic rings. The highest BCUT2D eigenvalue weighted by atomic mass is 16.5. The van der Waals surface area contributed by atoms with Crippen LogP contribution in [0.2, 0.25) is 6.32 Å². The first-order chi connectivity index (χ1) is 21.7. The lowest BCUT2D eigenvalue weighted by Gasteiger charge is -2.35. The van der Waals surface area contributed by atoms with Crippen LogP contribution in [0.1, 0.15) is 109 Å². The minimum Gasteiger partial charge on any atom is -0.467 e. The molecule has 1 saturated heterocycles. The van der Waals surface area contributed by atoms with E-state index in [1.54, 1.807) is 6.92 Å². The third-order valence-electron chi connectivity index (χ3n) is 10.9. The van der Waals surface area contributed by atoms with Gasteiger partial charge in [-0.2, -0.15) is 0 Å². The maximum absolute atomic E-state index is 11.2. The van der Waals surface area contributed by atoms with Crippen molar-refractivity contribution >= 4 is 30.1 Å². The number of ether oxygens (including phenoxy) is 2. The number of likely N-dealkylation sites (N-methyl/N-ethyl adjacent to an activating group) is 2. The summed E-state index contributed by atoms with van der Waals surface area (Å²) < 4.78 is 17.9. The Kier molecular flexibility index (Phi) is 10.1. The van der Waals surface area contributed by atoms with Crippen molar-refractivity contribution in [1.82, 2.24) is 10.3 Å². The van der Waals surface area contributed by atoms with Crippen molar-refractivity contribution in [3.8, 4) is 0 Å². The number of aromatic nitrogens is 1. The second-order valence-electron chi connectivity index (χ2n) is 15.4. The van der Waals surface area contributed by atoms with E-state index in [2.05, 4.69) is 89.0 Å². The molecule has 0 aliphatic carbocycles. The van der Waals surface area contributed by atoms with E-state index in [0.717, 1.165) is 36.8 Å². The van der Waals surface area contributed by atoms with Gasteiger partial charge in [0, 0.05) is 30.4 Å². The van der Waals surface area contributed by atoms with Crippen LogP contribution in [0.15, 0.2) is 36.5 Å². The molecule has 46 heavy (non-hydrogen) atoms. The Hall–Kier alpha value is -2.72. The van der Waals surface area contributed by atoms with Crippen LogP contribution in [0.4, 0.5) is 5.69 Å². The number of hydrogen-bond acceptors (Lipinski definition) is 8. The van der Waals surface area contributed by atoms with Crippen molar-refractivity contribution in [2.24, 2.45) is 10.8 Å². The molecule has 250 valence electrons. The average molecular weight is 632 g/mol. The fourth-order valence-electron chi connectivity index (χ4n) is 7.64. The largest absolute Gasteiger partial charge is 0.467 e. The predicted octanol–water partition coefficient (Wildman–Crippen LogP) is 5.81. The van der Waals surface area contributed by atoms with Gasteiger partial charge in [-0.1, -0.05) is 45.9 Å². The van der Waals surface area contributed by atoms with Gasteiger partial charge < -0.3 is 29.5 Å². The van der Waals surface area contributed by atoms with Gasteiger partial charge in [-0.3, -0.25) is 9.78 Å². The number of aliphatic hydroxyl groups is 1. The zero-order valence-corrected chi connectivity index (χ0v) is 29.4. The highest BCUT2D eigenvalue weighted by Gasteiger charge is 2.50. The Morgan fingerprint density at radius 1 is 1.24 bits per heavy atom. The molecule has 2 N–H and O–H groups in total. The van der Waals surface area contributed by atoms with Crippen molar-refractivity contribution in [3.63, 3.8) is 0 Å². The van der Waals surface area contributed by atoms with Gasteiger partial charge >= 0.3 is 6.92 Å². The van der Waals surface area contributed by atoms with Crippen LogP contribution >= 0.6 is 0 Å². The molecule has 3 aliphatic heterocycles. The van der Waals surface area contributed by atoms with Gasteiger partial charge in [-0.05, 0) is 105 Å². The van der Waals surface area contributed by atoms with Crippen LogP contribution in [0.5, 0.6) is 0 Å². The summed E-state index contributed by atoms with van der Waals surface area (Å²) in [5.41, 5.74) is 7.19. The maximum Gasteiger partial charge on any atom is 0.327 e. The van der Waals surface area contributed by atoms with E-state index < -0.39 is 6.10 Å². The van der Waals surface area contributed by atoms with Gasteiger partial charge in [0.1, 0.15) is 0 Å². The molecule has 5 rings (SSSR count). The third kappa shape index (κ3) is 6.80. The highest BCUT2D eigenvalue weighted by Crippen LogP contribution is 2.54. The monoisotopic (exact) mass is 631 g/mol. The molecule has 0 bridgehead atoms. The lowest BCUT2D eigenvalue weighted by atomic mass is 9.54. The summed E-state index contributed by atoms with van der Waals surface area (Å²) >= 11 is 0.